The molecule has 1 atom stereocenters. The third-order valence-corrected chi connectivity index (χ3v) is 4.22. The summed E-state index contributed by atoms with van der Waals surface area (Å²) in [6, 6.07) is 10.4. The van der Waals surface area contributed by atoms with E-state index in [4.69, 9.17) is 14.9 Å². The number of ether oxygens (including phenoxy) is 1. The molecule has 7 heteroatoms. The third kappa shape index (κ3) is 2.52. The van der Waals surface area contributed by atoms with E-state index in [-0.39, 0.29) is 28.7 Å². The maximum atomic E-state index is 12.2. The summed E-state index contributed by atoms with van der Waals surface area (Å²) < 4.78 is 11.6. The number of hydrogen-bond acceptors (Lipinski definition) is 6. The predicted octanol–water partition coefficient (Wildman–Crippen LogP) is 2.11. The average molecular weight is 375 g/mol. The molecule has 0 spiro atoms. The van der Waals surface area contributed by atoms with Gasteiger partial charge in [0.1, 0.15) is 24.0 Å². The van der Waals surface area contributed by atoms with Crippen LogP contribution in [-0.2, 0) is 6.61 Å². The van der Waals surface area contributed by atoms with E-state index < -0.39 is 18.0 Å². The first-order chi connectivity index (χ1) is 11.1. The molecule has 0 amide bonds. The van der Waals surface area contributed by atoms with Crippen LogP contribution in [0.3, 0.4) is 0 Å². The summed E-state index contributed by atoms with van der Waals surface area (Å²) in [4.78, 5) is 12.2. The highest BCUT2D eigenvalue weighted by atomic mass is 79.9. The van der Waals surface area contributed by atoms with Gasteiger partial charge in [0.25, 0.3) is 0 Å². The second-order valence-corrected chi connectivity index (χ2v) is 5.73. The molecule has 116 valence electrons. The highest BCUT2D eigenvalue weighted by Gasteiger charge is 2.35. The van der Waals surface area contributed by atoms with Gasteiger partial charge in [-0.1, -0.05) is 34.1 Å². The molecule has 1 aliphatic rings. The SMILES string of the molecule is N#CC1=C(N)Oc2c(oc(CO)cc2=O)[C@@H]1c1ccccc1Br. The fourth-order valence-corrected chi connectivity index (χ4v) is 3.00. The summed E-state index contributed by atoms with van der Waals surface area (Å²) in [6.45, 7) is -0.438. The zero-order valence-corrected chi connectivity index (χ0v) is 13.3. The Morgan fingerprint density at radius 2 is 2.13 bits per heavy atom. The van der Waals surface area contributed by atoms with E-state index in [1.807, 2.05) is 18.2 Å². The molecular weight excluding hydrogens is 364 g/mol. The molecule has 0 aliphatic carbocycles. The van der Waals surface area contributed by atoms with Crippen molar-refractivity contribution < 1.29 is 14.3 Å². The molecule has 0 radical (unpaired) electrons. The minimum absolute atomic E-state index is 0.0700. The van der Waals surface area contributed by atoms with Crippen LogP contribution in [-0.4, -0.2) is 5.11 Å². The number of aliphatic hydroxyl groups excluding tert-OH is 1. The highest BCUT2D eigenvalue weighted by molar-refractivity contribution is 9.10. The van der Waals surface area contributed by atoms with Crippen molar-refractivity contribution in [2.75, 3.05) is 0 Å². The molecule has 0 saturated carbocycles. The molecule has 6 nitrogen and oxygen atoms in total. The highest BCUT2D eigenvalue weighted by Crippen LogP contribution is 2.42. The standard InChI is InChI=1S/C16H11BrN2O4/c17-11-4-2-1-3-9(11)13-10(6-18)16(19)23-14-12(21)5-8(7-20)22-15(13)14/h1-5,13,20H,7,19H2/t13-/m1/s1. The second-order valence-electron chi connectivity index (χ2n) is 4.87. The van der Waals surface area contributed by atoms with Gasteiger partial charge in [-0.2, -0.15) is 5.26 Å². The number of halogens is 1. The minimum atomic E-state index is -0.696. The van der Waals surface area contributed by atoms with E-state index in [1.54, 1.807) is 12.1 Å². The minimum Gasteiger partial charge on any atom is -0.458 e. The summed E-state index contributed by atoms with van der Waals surface area (Å²) >= 11 is 3.43. The number of nitrogens with zero attached hydrogens (tertiary/aromatic N) is 1. The second kappa shape index (κ2) is 5.91. The summed E-state index contributed by atoms with van der Waals surface area (Å²) in [5.74, 6) is -0.658. The lowest BCUT2D eigenvalue weighted by molar-refractivity contribution is 0.231. The Morgan fingerprint density at radius 3 is 2.78 bits per heavy atom. The largest absolute Gasteiger partial charge is 0.458 e. The van der Waals surface area contributed by atoms with Crippen LogP contribution in [0.2, 0.25) is 0 Å². The Kier molecular flexibility index (Phi) is 3.94. The van der Waals surface area contributed by atoms with Crippen molar-refractivity contribution in [2.45, 2.75) is 12.5 Å². The zero-order chi connectivity index (χ0) is 16.6. The zero-order valence-electron chi connectivity index (χ0n) is 11.7. The molecule has 1 aromatic heterocycles. The Hall–Kier alpha value is -2.56. The van der Waals surface area contributed by atoms with E-state index in [2.05, 4.69) is 15.9 Å². The molecule has 0 bridgehead atoms. The molecule has 3 N–H and O–H groups in total. The first kappa shape index (κ1) is 15.3. The van der Waals surface area contributed by atoms with Crippen LogP contribution < -0.4 is 15.9 Å². The van der Waals surface area contributed by atoms with Crippen LogP contribution >= 0.6 is 15.9 Å². The Labute approximate surface area is 139 Å². The number of aliphatic hydroxyl groups is 1. The van der Waals surface area contributed by atoms with Crippen molar-refractivity contribution in [1.82, 2.24) is 0 Å². The van der Waals surface area contributed by atoms with Gasteiger partial charge in [-0.3, -0.25) is 4.79 Å². The number of hydrogen-bond donors (Lipinski definition) is 2. The van der Waals surface area contributed by atoms with Crippen LogP contribution in [0.15, 0.2) is 55.5 Å². The van der Waals surface area contributed by atoms with Gasteiger partial charge >= 0.3 is 0 Å². The lowest BCUT2D eigenvalue weighted by Crippen LogP contribution is -2.25. The molecule has 1 aliphatic heterocycles. The normalized spacial score (nSPS) is 16.5. The van der Waals surface area contributed by atoms with Gasteiger partial charge < -0.3 is 20.0 Å². The van der Waals surface area contributed by atoms with Crippen molar-refractivity contribution in [3.05, 3.63) is 73.6 Å². The van der Waals surface area contributed by atoms with Crippen LogP contribution in [0.1, 0.15) is 23.0 Å². The number of nitriles is 1. The van der Waals surface area contributed by atoms with Gasteiger partial charge in [0.05, 0.1) is 5.92 Å². The van der Waals surface area contributed by atoms with E-state index in [0.29, 0.717) is 5.56 Å². The van der Waals surface area contributed by atoms with Gasteiger partial charge in [0.15, 0.2) is 5.76 Å². The molecule has 1 aromatic carbocycles. The summed E-state index contributed by atoms with van der Waals surface area (Å²) in [5, 5.41) is 18.7. The van der Waals surface area contributed by atoms with E-state index >= 15 is 0 Å². The third-order valence-electron chi connectivity index (χ3n) is 3.50. The number of allylic oxidation sites excluding steroid dienone is 1. The van der Waals surface area contributed by atoms with Crippen LogP contribution in [0.4, 0.5) is 0 Å². The van der Waals surface area contributed by atoms with Gasteiger partial charge in [-0.15, -0.1) is 0 Å². The molecule has 0 unspecified atom stereocenters. The van der Waals surface area contributed by atoms with Crippen molar-refractivity contribution in [3.8, 4) is 11.8 Å². The lowest BCUT2D eigenvalue weighted by atomic mass is 9.87. The van der Waals surface area contributed by atoms with Crippen LogP contribution in [0.25, 0.3) is 0 Å². The molecule has 2 heterocycles. The Bertz CT molecular complexity index is 911. The van der Waals surface area contributed by atoms with Gasteiger partial charge in [0.2, 0.25) is 17.1 Å². The summed E-state index contributed by atoms with van der Waals surface area (Å²) in [7, 11) is 0. The predicted molar refractivity (Wildman–Crippen MR) is 84.3 cm³/mol. The maximum absolute atomic E-state index is 12.2. The topological polar surface area (TPSA) is 109 Å². The van der Waals surface area contributed by atoms with Crippen molar-refractivity contribution in [2.24, 2.45) is 5.73 Å². The van der Waals surface area contributed by atoms with Gasteiger partial charge in [-0.05, 0) is 11.6 Å². The first-order valence-corrected chi connectivity index (χ1v) is 7.46. The number of nitrogens with two attached hydrogens (primary N) is 1. The number of benzene rings is 1. The van der Waals surface area contributed by atoms with Gasteiger partial charge in [-0.25, -0.2) is 0 Å². The number of fused-ring (bicyclic) bond motifs is 1. The van der Waals surface area contributed by atoms with Crippen molar-refractivity contribution >= 4 is 15.9 Å². The molecule has 0 saturated heterocycles. The smallest absolute Gasteiger partial charge is 0.228 e. The summed E-state index contributed by atoms with van der Waals surface area (Å²) in [5.41, 5.74) is 6.19. The van der Waals surface area contributed by atoms with E-state index in [1.165, 1.54) is 0 Å². The quantitative estimate of drug-likeness (QED) is 0.832. The van der Waals surface area contributed by atoms with Crippen LogP contribution in [0, 0.1) is 11.3 Å². The maximum Gasteiger partial charge on any atom is 0.228 e. The van der Waals surface area contributed by atoms with Gasteiger partial charge in [0, 0.05) is 10.5 Å². The number of rotatable bonds is 2. The fraction of sp³-hybridized carbons (Fsp3) is 0.125. The van der Waals surface area contributed by atoms with Crippen molar-refractivity contribution in [1.29, 1.82) is 5.26 Å². The Balaban J connectivity index is 2.34. The molecule has 23 heavy (non-hydrogen) atoms. The van der Waals surface area contributed by atoms with Crippen molar-refractivity contribution in [3.63, 3.8) is 0 Å². The monoisotopic (exact) mass is 374 g/mol. The van der Waals surface area contributed by atoms with Crippen LogP contribution in [0.5, 0.6) is 5.75 Å². The Morgan fingerprint density at radius 1 is 1.39 bits per heavy atom. The molecular formula is C16H11BrN2O4. The molecule has 2 aromatic rings. The fourth-order valence-electron chi connectivity index (χ4n) is 2.48. The first-order valence-electron chi connectivity index (χ1n) is 6.66. The molecule has 3 rings (SSSR count). The average Bonchev–Trinajstić information content (AvgIpc) is 2.55. The summed E-state index contributed by atoms with van der Waals surface area (Å²) in [6.07, 6.45) is 0. The van der Waals surface area contributed by atoms with E-state index in [0.717, 1.165) is 10.5 Å². The van der Waals surface area contributed by atoms with E-state index in [9.17, 15) is 15.2 Å². The molecule has 0 fully saturated rings. The lowest BCUT2D eigenvalue weighted by Gasteiger charge is -2.25.